The molecule has 0 N–H and O–H groups in total. The van der Waals surface area contributed by atoms with E-state index in [0.29, 0.717) is 24.8 Å². The van der Waals surface area contributed by atoms with E-state index in [-0.39, 0.29) is 0 Å². The van der Waals surface area contributed by atoms with E-state index in [2.05, 4.69) is 63.3 Å². The maximum atomic E-state index is 12.0. The number of rotatable bonds is 0. The first-order valence-electron chi connectivity index (χ1n) is 7.37. The van der Waals surface area contributed by atoms with Crippen molar-refractivity contribution in [3.05, 3.63) is 63.6 Å². The van der Waals surface area contributed by atoms with Crippen LogP contribution in [0.5, 0.6) is 0 Å². The molecule has 4 rings (SSSR count). The highest BCUT2D eigenvalue weighted by Crippen LogP contribution is 2.41. The molecule has 106 valence electrons. The zero-order chi connectivity index (χ0) is 14.4. The molecule has 0 aromatic heterocycles. The molecule has 0 saturated carbocycles. The van der Waals surface area contributed by atoms with Gasteiger partial charge in [-0.15, -0.1) is 0 Å². The summed E-state index contributed by atoms with van der Waals surface area (Å²) >= 11 is 3.57. The predicted molar refractivity (Wildman–Crippen MR) is 87.7 cm³/mol. The Kier molecular flexibility index (Phi) is 3.11. The van der Waals surface area contributed by atoms with Crippen LogP contribution in [0.15, 0.2) is 46.9 Å². The Balaban J connectivity index is 1.93. The lowest BCUT2D eigenvalue weighted by Crippen LogP contribution is -2.38. The standard InChI is InChI=1S/C18H16BrNO/c19-14-5-7-17-13(10-14)9-12-3-1-2-4-16(12)18-8-6-15(21)11-20(17)18/h1-5,7,10,18H,6,8-9,11H2. The van der Waals surface area contributed by atoms with Crippen molar-refractivity contribution in [1.82, 2.24) is 0 Å². The quantitative estimate of drug-likeness (QED) is 0.713. The lowest BCUT2D eigenvalue weighted by Gasteiger charge is -2.37. The Morgan fingerprint density at radius 2 is 1.95 bits per heavy atom. The third kappa shape index (κ3) is 2.20. The summed E-state index contributed by atoms with van der Waals surface area (Å²) in [5.41, 5.74) is 5.29. The van der Waals surface area contributed by atoms with Crippen molar-refractivity contribution in [2.45, 2.75) is 25.3 Å². The van der Waals surface area contributed by atoms with Gasteiger partial charge in [0, 0.05) is 16.6 Å². The number of hydrogen-bond donors (Lipinski definition) is 0. The minimum Gasteiger partial charge on any atom is -0.357 e. The summed E-state index contributed by atoms with van der Waals surface area (Å²) in [5, 5.41) is 0. The zero-order valence-corrected chi connectivity index (χ0v) is 13.3. The average Bonchev–Trinajstić information content (AvgIpc) is 2.60. The maximum absolute atomic E-state index is 12.0. The number of ketones is 1. The van der Waals surface area contributed by atoms with Gasteiger partial charge in [0.05, 0.1) is 12.6 Å². The van der Waals surface area contributed by atoms with Gasteiger partial charge in [-0.05, 0) is 47.7 Å². The van der Waals surface area contributed by atoms with E-state index >= 15 is 0 Å². The van der Waals surface area contributed by atoms with E-state index in [0.717, 1.165) is 17.3 Å². The van der Waals surface area contributed by atoms with Crippen LogP contribution in [0, 0.1) is 0 Å². The Morgan fingerprint density at radius 3 is 2.86 bits per heavy atom. The van der Waals surface area contributed by atoms with E-state index in [9.17, 15) is 4.79 Å². The predicted octanol–water partition coefficient (Wildman–Crippen LogP) is 4.26. The minimum absolute atomic E-state index is 0.335. The van der Waals surface area contributed by atoms with E-state index in [1.54, 1.807) is 0 Å². The largest absolute Gasteiger partial charge is 0.357 e. The topological polar surface area (TPSA) is 20.3 Å². The monoisotopic (exact) mass is 341 g/mol. The summed E-state index contributed by atoms with van der Waals surface area (Å²) in [6.07, 6.45) is 2.55. The van der Waals surface area contributed by atoms with Gasteiger partial charge in [-0.1, -0.05) is 40.2 Å². The summed E-state index contributed by atoms with van der Waals surface area (Å²) in [4.78, 5) is 14.3. The van der Waals surface area contributed by atoms with Crippen molar-refractivity contribution in [3.8, 4) is 0 Å². The van der Waals surface area contributed by atoms with Crippen LogP contribution in [0.1, 0.15) is 35.6 Å². The second kappa shape index (κ2) is 4.99. The minimum atomic E-state index is 0.335. The molecule has 2 aliphatic heterocycles. The normalized spacial score (nSPS) is 20.3. The van der Waals surface area contributed by atoms with Crippen LogP contribution >= 0.6 is 15.9 Å². The van der Waals surface area contributed by atoms with Gasteiger partial charge in [0.1, 0.15) is 0 Å². The first-order valence-corrected chi connectivity index (χ1v) is 8.16. The molecule has 0 spiro atoms. The number of halogens is 1. The van der Waals surface area contributed by atoms with E-state index in [1.807, 2.05) is 0 Å². The van der Waals surface area contributed by atoms with E-state index in [4.69, 9.17) is 0 Å². The molecule has 1 unspecified atom stereocenters. The number of nitrogens with zero attached hydrogens (tertiary/aromatic N) is 1. The van der Waals surface area contributed by atoms with Gasteiger partial charge in [0.2, 0.25) is 0 Å². The highest BCUT2D eigenvalue weighted by molar-refractivity contribution is 9.10. The summed E-state index contributed by atoms with van der Waals surface area (Å²) in [6.45, 7) is 0.535. The lowest BCUT2D eigenvalue weighted by molar-refractivity contribution is -0.119. The highest BCUT2D eigenvalue weighted by Gasteiger charge is 2.32. The molecule has 0 bridgehead atoms. The molecule has 0 aliphatic carbocycles. The molecule has 1 atom stereocenters. The van der Waals surface area contributed by atoms with Crippen molar-refractivity contribution < 1.29 is 4.79 Å². The number of hydrogen-bond acceptors (Lipinski definition) is 2. The molecule has 1 saturated heterocycles. The number of benzene rings is 2. The number of piperidine rings is 1. The van der Waals surface area contributed by atoms with Crippen LogP contribution in [0.25, 0.3) is 0 Å². The fourth-order valence-electron chi connectivity index (χ4n) is 3.61. The summed E-state index contributed by atoms with van der Waals surface area (Å²) in [6, 6.07) is 15.4. The SMILES string of the molecule is O=C1CCC2c3ccccc3Cc3cc(Br)ccc3N2C1. The second-order valence-corrected chi connectivity index (χ2v) is 6.79. The number of carbonyl (C=O) groups is 1. The van der Waals surface area contributed by atoms with Crippen LogP contribution in [-0.4, -0.2) is 12.3 Å². The maximum Gasteiger partial charge on any atom is 0.152 e. The molecular weight excluding hydrogens is 326 g/mol. The highest BCUT2D eigenvalue weighted by atomic mass is 79.9. The van der Waals surface area contributed by atoms with Crippen LogP contribution < -0.4 is 4.90 Å². The van der Waals surface area contributed by atoms with Crippen LogP contribution in [-0.2, 0) is 11.2 Å². The molecular formula is C18H16BrNO. The fourth-order valence-corrected chi connectivity index (χ4v) is 4.02. The van der Waals surface area contributed by atoms with Gasteiger partial charge in [0.15, 0.2) is 5.78 Å². The summed E-state index contributed by atoms with van der Waals surface area (Å²) < 4.78 is 1.10. The van der Waals surface area contributed by atoms with Gasteiger partial charge in [0.25, 0.3) is 0 Å². The fraction of sp³-hybridized carbons (Fsp3) is 0.278. The zero-order valence-electron chi connectivity index (χ0n) is 11.7. The first-order chi connectivity index (χ1) is 10.2. The van der Waals surface area contributed by atoms with E-state index in [1.165, 1.54) is 22.4 Å². The number of anilines is 1. The number of fused-ring (bicyclic) bond motifs is 5. The van der Waals surface area contributed by atoms with E-state index < -0.39 is 0 Å². The van der Waals surface area contributed by atoms with Gasteiger partial charge >= 0.3 is 0 Å². The smallest absolute Gasteiger partial charge is 0.152 e. The van der Waals surface area contributed by atoms with Crippen LogP contribution in [0.2, 0.25) is 0 Å². The lowest BCUT2D eigenvalue weighted by atomic mass is 9.91. The van der Waals surface area contributed by atoms with Crippen molar-refractivity contribution in [2.24, 2.45) is 0 Å². The Bertz CT molecular complexity index is 725. The average molecular weight is 342 g/mol. The molecule has 1 fully saturated rings. The van der Waals surface area contributed by atoms with Crippen molar-refractivity contribution in [2.75, 3.05) is 11.4 Å². The molecule has 2 nitrogen and oxygen atoms in total. The molecule has 0 radical (unpaired) electrons. The molecule has 3 heteroatoms. The molecule has 2 aliphatic rings. The van der Waals surface area contributed by atoms with Crippen molar-refractivity contribution in [1.29, 1.82) is 0 Å². The third-order valence-electron chi connectivity index (χ3n) is 4.57. The number of Topliss-reactive ketones (excluding diaryl/α,β-unsaturated/α-hetero) is 1. The molecule has 0 amide bonds. The molecule has 21 heavy (non-hydrogen) atoms. The molecule has 2 heterocycles. The van der Waals surface area contributed by atoms with Gasteiger partial charge < -0.3 is 4.90 Å². The van der Waals surface area contributed by atoms with Crippen LogP contribution in [0.3, 0.4) is 0 Å². The Hall–Kier alpha value is -1.61. The van der Waals surface area contributed by atoms with Gasteiger partial charge in [-0.25, -0.2) is 0 Å². The van der Waals surface area contributed by atoms with Gasteiger partial charge in [-0.3, -0.25) is 4.79 Å². The van der Waals surface area contributed by atoms with Crippen molar-refractivity contribution in [3.63, 3.8) is 0 Å². The Morgan fingerprint density at radius 1 is 1.10 bits per heavy atom. The third-order valence-corrected chi connectivity index (χ3v) is 5.06. The van der Waals surface area contributed by atoms with Gasteiger partial charge in [-0.2, -0.15) is 0 Å². The number of carbonyl (C=O) groups excluding carboxylic acids is 1. The van der Waals surface area contributed by atoms with Crippen molar-refractivity contribution >= 4 is 27.4 Å². The molecule has 2 aromatic rings. The van der Waals surface area contributed by atoms with Crippen LogP contribution in [0.4, 0.5) is 5.69 Å². The Labute approximate surface area is 132 Å². The summed E-state index contributed by atoms with van der Waals surface area (Å²) in [5.74, 6) is 0.347. The molecule has 2 aromatic carbocycles. The first kappa shape index (κ1) is 13.1. The summed E-state index contributed by atoms with van der Waals surface area (Å²) in [7, 11) is 0. The second-order valence-electron chi connectivity index (χ2n) is 5.87.